The molecule has 2 heterocycles. The number of nitrogens with zero attached hydrogens (tertiary/aromatic N) is 4. The van der Waals surface area contributed by atoms with Gasteiger partial charge in [-0.3, -0.25) is 24.6 Å². The SMILES string of the molecule is O=C(CCC1C(=O)N=C2c3ccccc3N=C(SCc3cccc([N+](=O)[O-])c3)N21)NCCc1ccccc1. The average molecular weight is 528 g/mol. The van der Waals surface area contributed by atoms with Crippen LogP contribution in [0.15, 0.2) is 88.8 Å². The fourth-order valence-electron chi connectivity index (χ4n) is 4.43. The Hall–Kier alpha value is -4.31. The molecule has 2 aliphatic rings. The molecule has 0 fully saturated rings. The predicted molar refractivity (Wildman–Crippen MR) is 147 cm³/mol. The summed E-state index contributed by atoms with van der Waals surface area (Å²) in [5.41, 5.74) is 3.40. The number of rotatable bonds is 9. The molecular formula is C28H25N5O4S. The molecule has 0 radical (unpaired) electrons. The molecule has 9 nitrogen and oxygen atoms in total. The van der Waals surface area contributed by atoms with Crippen LogP contribution < -0.4 is 5.32 Å². The number of benzene rings is 3. The van der Waals surface area contributed by atoms with E-state index in [9.17, 15) is 19.7 Å². The maximum atomic E-state index is 13.0. The first-order valence-electron chi connectivity index (χ1n) is 12.3. The van der Waals surface area contributed by atoms with E-state index in [1.807, 2.05) is 65.6 Å². The molecule has 3 aromatic rings. The first kappa shape index (κ1) is 25.3. The van der Waals surface area contributed by atoms with Crippen LogP contribution in [0.1, 0.15) is 29.5 Å². The van der Waals surface area contributed by atoms with Crippen LogP contribution in [0.5, 0.6) is 0 Å². The van der Waals surface area contributed by atoms with Gasteiger partial charge in [-0.25, -0.2) is 4.99 Å². The number of nitro benzene ring substituents is 1. The van der Waals surface area contributed by atoms with Crippen LogP contribution in [0.2, 0.25) is 0 Å². The van der Waals surface area contributed by atoms with Gasteiger partial charge in [0.15, 0.2) is 5.17 Å². The Morgan fingerprint density at radius 2 is 1.76 bits per heavy atom. The van der Waals surface area contributed by atoms with Crippen LogP contribution in [0.3, 0.4) is 0 Å². The molecule has 1 N–H and O–H groups in total. The molecule has 38 heavy (non-hydrogen) atoms. The van der Waals surface area contributed by atoms with Crippen molar-refractivity contribution in [2.45, 2.75) is 31.1 Å². The zero-order valence-corrected chi connectivity index (χ0v) is 21.3. The minimum atomic E-state index is -0.644. The van der Waals surface area contributed by atoms with Crippen molar-refractivity contribution in [3.63, 3.8) is 0 Å². The van der Waals surface area contributed by atoms with E-state index in [0.717, 1.165) is 23.1 Å². The minimum Gasteiger partial charge on any atom is -0.356 e. The summed E-state index contributed by atoms with van der Waals surface area (Å²) < 4.78 is 0. The molecule has 192 valence electrons. The number of nitrogens with one attached hydrogen (secondary N) is 1. The first-order chi connectivity index (χ1) is 18.5. The zero-order valence-electron chi connectivity index (χ0n) is 20.4. The van der Waals surface area contributed by atoms with Crippen molar-refractivity contribution in [3.8, 4) is 0 Å². The topological polar surface area (TPSA) is 117 Å². The molecule has 3 aromatic carbocycles. The Balaban J connectivity index is 1.28. The number of fused-ring (bicyclic) bond motifs is 3. The third-order valence-corrected chi connectivity index (χ3v) is 7.34. The lowest BCUT2D eigenvalue weighted by molar-refractivity contribution is -0.384. The highest BCUT2D eigenvalue weighted by molar-refractivity contribution is 8.13. The number of carbonyl (C=O) groups excluding carboxylic acids is 2. The summed E-state index contributed by atoms with van der Waals surface area (Å²) in [7, 11) is 0. The molecule has 0 aromatic heterocycles. The van der Waals surface area contributed by atoms with Crippen LogP contribution >= 0.6 is 11.8 Å². The monoisotopic (exact) mass is 527 g/mol. The van der Waals surface area contributed by atoms with E-state index in [4.69, 9.17) is 4.99 Å². The molecule has 1 atom stereocenters. The standard InChI is InChI=1S/C28H25N5O4S/c34-25(29-16-15-19-7-2-1-3-8-19)14-13-24-27(35)31-26-22-11-4-5-12-23(22)30-28(32(24)26)38-18-20-9-6-10-21(17-20)33(36)37/h1-12,17,24H,13-16,18H2,(H,29,34). The minimum absolute atomic E-state index is 0.0220. The second-order valence-corrected chi connectivity index (χ2v) is 9.85. The fraction of sp³-hybridized carbons (Fsp3) is 0.214. The first-order valence-corrected chi connectivity index (χ1v) is 13.2. The summed E-state index contributed by atoms with van der Waals surface area (Å²) in [5, 5.41) is 14.7. The molecule has 0 spiro atoms. The van der Waals surface area contributed by atoms with Gasteiger partial charge in [0, 0.05) is 36.4 Å². The van der Waals surface area contributed by atoms with Crippen molar-refractivity contribution < 1.29 is 14.5 Å². The Bertz CT molecular complexity index is 1440. The average Bonchev–Trinajstić information content (AvgIpc) is 3.27. The smallest absolute Gasteiger partial charge is 0.270 e. The molecule has 2 aliphatic heterocycles. The third-order valence-electron chi connectivity index (χ3n) is 6.32. The van der Waals surface area contributed by atoms with Gasteiger partial charge < -0.3 is 5.32 Å². The summed E-state index contributed by atoms with van der Waals surface area (Å²) in [4.78, 5) is 47.3. The molecule has 0 aliphatic carbocycles. The maximum Gasteiger partial charge on any atom is 0.270 e. The van der Waals surface area contributed by atoms with E-state index in [1.54, 1.807) is 6.07 Å². The summed E-state index contributed by atoms with van der Waals surface area (Å²) in [6.45, 7) is 0.520. The quantitative estimate of drug-likeness (QED) is 0.320. The lowest BCUT2D eigenvalue weighted by atomic mass is 10.1. The molecule has 5 rings (SSSR count). The van der Waals surface area contributed by atoms with Crippen LogP contribution in [0.25, 0.3) is 0 Å². The molecule has 0 bridgehead atoms. The van der Waals surface area contributed by atoms with Gasteiger partial charge in [0.25, 0.3) is 11.6 Å². The van der Waals surface area contributed by atoms with E-state index >= 15 is 0 Å². The highest BCUT2D eigenvalue weighted by Gasteiger charge is 2.41. The third kappa shape index (κ3) is 5.65. The van der Waals surface area contributed by atoms with E-state index in [0.29, 0.717) is 35.4 Å². The Kier molecular flexibility index (Phi) is 7.60. The predicted octanol–water partition coefficient (Wildman–Crippen LogP) is 4.63. The van der Waals surface area contributed by atoms with E-state index < -0.39 is 11.0 Å². The van der Waals surface area contributed by atoms with Crippen molar-refractivity contribution in [2.75, 3.05) is 6.54 Å². The van der Waals surface area contributed by atoms with Crippen molar-refractivity contribution in [1.82, 2.24) is 10.2 Å². The second-order valence-electron chi connectivity index (χ2n) is 8.91. The number of hydrogen-bond donors (Lipinski definition) is 1. The van der Waals surface area contributed by atoms with Crippen LogP contribution in [-0.2, 0) is 21.8 Å². The van der Waals surface area contributed by atoms with Gasteiger partial charge in [-0.05, 0) is 36.1 Å². The fourth-order valence-corrected chi connectivity index (χ4v) is 5.42. The number of non-ortho nitro benzene ring substituents is 1. The number of thioether (sulfide) groups is 1. The lowest BCUT2D eigenvalue weighted by Gasteiger charge is -2.31. The van der Waals surface area contributed by atoms with E-state index in [1.165, 1.54) is 23.9 Å². The maximum absolute atomic E-state index is 13.0. The number of hydrogen-bond acceptors (Lipinski definition) is 7. The van der Waals surface area contributed by atoms with Gasteiger partial charge in [0.1, 0.15) is 11.9 Å². The molecule has 2 amide bonds. The van der Waals surface area contributed by atoms with Gasteiger partial charge in [0.2, 0.25) is 5.91 Å². The Morgan fingerprint density at radius 3 is 2.58 bits per heavy atom. The van der Waals surface area contributed by atoms with Crippen molar-refractivity contribution in [2.24, 2.45) is 9.98 Å². The van der Waals surface area contributed by atoms with Crippen LogP contribution in [0.4, 0.5) is 11.4 Å². The van der Waals surface area contributed by atoms with Gasteiger partial charge in [0.05, 0.1) is 10.6 Å². The molecular weight excluding hydrogens is 502 g/mol. The highest BCUT2D eigenvalue weighted by atomic mass is 32.2. The van der Waals surface area contributed by atoms with Crippen molar-refractivity contribution >= 4 is 46.0 Å². The molecule has 1 unspecified atom stereocenters. The molecule has 0 saturated heterocycles. The number of amidine groups is 2. The summed E-state index contributed by atoms with van der Waals surface area (Å²) in [6.07, 6.45) is 1.20. The van der Waals surface area contributed by atoms with Crippen LogP contribution in [0, 0.1) is 10.1 Å². The zero-order chi connectivity index (χ0) is 26.5. The van der Waals surface area contributed by atoms with E-state index in [2.05, 4.69) is 10.3 Å². The van der Waals surface area contributed by atoms with E-state index in [-0.39, 0.29) is 23.9 Å². The van der Waals surface area contributed by atoms with Gasteiger partial charge in [-0.1, -0.05) is 66.4 Å². The van der Waals surface area contributed by atoms with Gasteiger partial charge in [-0.2, -0.15) is 4.99 Å². The van der Waals surface area contributed by atoms with Crippen LogP contribution in [-0.4, -0.2) is 45.2 Å². The highest BCUT2D eigenvalue weighted by Crippen LogP contribution is 2.36. The Labute approximate surface area is 223 Å². The normalized spacial score (nSPS) is 15.8. The van der Waals surface area contributed by atoms with Crippen molar-refractivity contribution in [1.29, 1.82) is 0 Å². The number of amides is 2. The second kappa shape index (κ2) is 11.4. The van der Waals surface area contributed by atoms with Gasteiger partial charge in [-0.15, -0.1) is 0 Å². The lowest BCUT2D eigenvalue weighted by Crippen LogP contribution is -2.44. The van der Waals surface area contributed by atoms with Gasteiger partial charge >= 0.3 is 0 Å². The molecule has 0 saturated carbocycles. The number of nitro groups is 1. The van der Waals surface area contributed by atoms with Crippen molar-refractivity contribution in [3.05, 3.63) is 106 Å². The summed E-state index contributed by atoms with van der Waals surface area (Å²) in [5.74, 6) is 0.518. The number of carbonyl (C=O) groups is 2. The summed E-state index contributed by atoms with van der Waals surface area (Å²) in [6, 6.07) is 23.2. The summed E-state index contributed by atoms with van der Waals surface area (Å²) >= 11 is 1.38. The largest absolute Gasteiger partial charge is 0.356 e. The number of aliphatic imine (C=N–C) groups is 2. The number of para-hydroxylation sites is 1. The molecule has 10 heteroatoms. The Morgan fingerprint density at radius 1 is 1.00 bits per heavy atom.